The highest BCUT2D eigenvalue weighted by Crippen LogP contribution is 2.29. The molecule has 1 aliphatic heterocycles. The Kier molecular flexibility index (Phi) is 4.10. The minimum absolute atomic E-state index is 0.328. The molecular formula is C18H19N3. The summed E-state index contributed by atoms with van der Waals surface area (Å²) in [6.07, 6.45) is 13.0. The third kappa shape index (κ3) is 3.37. The number of anilines is 1. The van der Waals surface area contributed by atoms with Crippen LogP contribution in [0.5, 0.6) is 0 Å². The number of nitrogens with zero attached hydrogens (tertiary/aromatic N) is 2. The van der Waals surface area contributed by atoms with Crippen LogP contribution in [0.15, 0.2) is 60.0 Å². The van der Waals surface area contributed by atoms with Crippen molar-refractivity contribution in [2.24, 2.45) is 4.99 Å². The number of hydrogen-bond donors (Lipinski definition) is 1. The zero-order valence-corrected chi connectivity index (χ0v) is 11.9. The molecule has 0 saturated carbocycles. The lowest BCUT2D eigenvalue weighted by Crippen LogP contribution is -2.03. The maximum absolute atomic E-state index is 6.09. The highest BCUT2D eigenvalue weighted by molar-refractivity contribution is 5.74. The van der Waals surface area contributed by atoms with Gasteiger partial charge in [0, 0.05) is 42.0 Å². The topological polar surface area (TPSA) is 51.3 Å². The van der Waals surface area contributed by atoms with Crippen molar-refractivity contribution in [3.05, 3.63) is 60.6 Å². The Labute approximate surface area is 125 Å². The number of nitrogens with two attached hydrogens (primary N) is 1. The Morgan fingerprint density at radius 2 is 2.10 bits per heavy atom. The normalized spacial score (nSPS) is 21.2. The number of aliphatic imine (C=N–C) groups is 1. The molecule has 0 amide bonds. The summed E-state index contributed by atoms with van der Waals surface area (Å²) in [7, 11) is 0. The summed E-state index contributed by atoms with van der Waals surface area (Å²) in [6.45, 7) is 0. The van der Waals surface area contributed by atoms with Gasteiger partial charge in [-0.2, -0.15) is 0 Å². The van der Waals surface area contributed by atoms with Crippen LogP contribution < -0.4 is 5.73 Å². The summed E-state index contributed by atoms with van der Waals surface area (Å²) in [4.78, 5) is 8.55. The lowest BCUT2D eigenvalue weighted by atomic mass is 9.91. The molecule has 0 radical (unpaired) electrons. The molecule has 0 saturated heterocycles. The van der Waals surface area contributed by atoms with Crippen molar-refractivity contribution < 1.29 is 0 Å². The van der Waals surface area contributed by atoms with Crippen molar-refractivity contribution in [2.75, 3.05) is 5.73 Å². The highest BCUT2D eigenvalue weighted by Gasteiger charge is 2.12. The van der Waals surface area contributed by atoms with Crippen LogP contribution in [0.25, 0.3) is 11.1 Å². The van der Waals surface area contributed by atoms with E-state index >= 15 is 0 Å². The molecule has 0 aliphatic carbocycles. The summed E-state index contributed by atoms with van der Waals surface area (Å²) in [5.74, 6) is 0.328. The smallest absolute Gasteiger partial charge is 0.0346 e. The van der Waals surface area contributed by atoms with Crippen LogP contribution in [0.2, 0.25) is 0 Å². The molecule has 2 heterocycles. The first-order valence-electron chi connectivity index (χ1n) is 7.32. The second-order valence-corrected chi connectivity index (χ2v) is 5.35. The highest BCUT2D eigenvalue weighted by atomic mass is 14.7. The van der Waals surface area contributed by atoms with E-state index < -0.39 is 0 Å². The number of allylic oxidation sites excluding steroid dienone is 1. The molecule has 2 aromatic rings. The molecule has 21 heavy (non-hydrogen) atoms. The number of benzene rings is 1. The number of pyridine rings is 1. The number of hydrogen-bond acceptors (Lipinski definition) is 3. The van der Waals surface area contributed by atoms with E-state index in [1.807, 2.05) is 30.7 Å². The van der Waals surface area contributed by atoms with Crippen LogP contribution in [0, 0.1) is 0 Å². The fraction of sp³-hybridized carbons (Fsp3) is 0.222. The van der Waals surface area contributed by atoms with Gasteiger partial charge in [0.25, 0.3) is 0 Å². The van der Waals surface area contributed by atoms with Crippen molar-refractivity contribution in [3.63, 3.8) is 0 Å². The van der Waals surface area contributed by atoms with E-state index in [9.17, 15) is 0 Å². The third-order valence-electron chi connectivity index (χ3n) is 3.74. The number of nitrogen functional groups attached to an aromatic ring is 1. The zero-order chi connectivity index (χ0) is 14.5. The minimum Gasteiger partial charge on any atom is -0.399 e. The Morgan fingerprint density at radius 3 is 2.95 bits per heavy atom. The summed E-state index contributed by atoms with van der Waals surface area (Å²) >= 11 is 0. The van der Waals surface area contributed by atoms with Crippen molar-refractivity contribution in [3.8, 4) is 11.1 Å². The third-order valence-corrected chi connectivity index (χ3v) is 3.74. The molecule has 3 heteroatoms. The van der Waals surface area contributed by atoms with Crippen LogP contribution >= 0.6 is 0 Å². The van der Waals surface area contributed by atoms with Gasteiger partial charge in [-0.25, -0.2) is 0 Å². The van der Waals surface area contributed by atoms with Crippen LogP contribution in [0.4, 0.5) is 5.69 Å². The molecule has 106 valence electrons. The molecule has 0 bridgehead atoms. The van der Waals surface area contributed by atoms with Gasteiger partial charge >= 0.3 is 0 Å². The molecule has 3 nitrogen and oxygen atoms in total. The quantitative estimate of drug-likeness (QED) is 0.837. The largest absolute Gasteiger partial charge is 0.399 e. The van der Waals surface area contributed by atoms with E-state index in [-0.39, 0.29) is 0 Å². The fourth-order valence-electron chi connectivity index (χ4n) is 2.66. The monoisotopic (exact) mass is 277 g/mol. The van der Waals surface area contributed by atoms with Gasteiger partial charge in [0.2, 0.25) is 0 Å². The first kappa shape index (κ1) is 13.6. The van der Waals surface area contributed by atoms with E-state index in [0.717, 1.165) is 29.7 Å². The summed E-state index contributed by atoms with van der Waals surface area (Å²) in [6, 6.07) is 10.3. The van der Waals surface area contributed by atoms with Crippen LogP contribution in [-0.4, -0.2) is 11.2 Å². The van der Waals surface area contributed by atoms with E-state index in [0.29, 0.717) is 5.92 Å². The standard InChI is InChI=1S/C18H19N3/c19-18-10-16(14-5-2-1-3-7-20-12-14)9-17(11-18)15-6-4-8-21-13-15/h3-4,6-14H,1-2,5,19H2/b7-3-,20-12-. The molecule has 1 aromatic heterocycles. The minimum atomic E-state index is 0.328. The Bertz CT molecular complexity index is 659. The SMILES string of the molecule is Nc1cc(-c2cccnc2)cc(C2/C=N\C=C/CCC2)c1. The second kappa shape index (κ2) is 6.35. The average Bonchev–Trinajstić information content (AvgIpc) is 2.47. The van der Waals surface area contributed by atoms with Gasteiger partial charge in [-0.15, -0.1) is 0 Å². The van der Waals surface area contributed by atoms with Gasteiger partial charge in [-0.3, -0.25) is 9.98 Å². The molecular weight excluding hydrogens is 258 g/mol. The average molecular weight is 277 g/mol. The van der Waals surface area contributed by atoms with Crippen LogP contribution in [0.3, 0.4) is 0 Å². The van der Waals surface area contributed by atoms with Gasteiger partial charge in [-0.05, 0) is 48.6 Å². The summed E-state index contributed by atoms with van der Waals surface area (Å²) in [5.41, 5.74) is 10.3. The molecule has 2 N–H and O–H groups in total. The van der Waals surface area contributed by atoms with Crippen molar-refractivity contribution in [2.45, 2.75) is 25.2 Å². The van der Waals surface area contributed by atoms with Gasteiger partial charge in [0.05, 0.1) is 0 Å². The maximum Gasteiger partial charge on any atom is 0.0346 e. The van der Waals surface area contributed by atoms with Gasteiger partial charge in [0.1, 0.15) is 0 Å². The number of rotatable bonds is 2. The van der Waals surface area contributed by atoms with Crippen molar-refractivity contribution in [1.82, 2.24) is 4.98 Å². The molecule has 1 aliphatic rings. The maximum atomic E-state index is 6.09. The van der Waals surface area contributed by atoms with Gasteiger partial charge < -0.3 is 5.73 Å². The lowest BCUT2D eigenvalue weighted by molar-refractivity contribution is 0.710. The van der Waals surface area contributed by atoms with Crippen LogP contribution in [-0.2, 0) is 0 Å². The van der Waals surface area contributed by atoms with E-state index in [4.69, 9.17) is 5.73 Å². The zero-order valence-electron chi connectivity index (χ0n) is 11.9. The molecule has 0 fully saturated rings. The van der Waals surface area contributed by atoms with E-state index in [2.05, 4.69) is 34.3 Å². The molecule has 0 spiro atoms. The Balaban J connectivity index is 1.97. The first-order chi connectivity index (χ1) is 10.3. The van der Waals surface area contributed by atoms with E-state index in [1.54, 1.807) is 6.20 Å². The lowest BCUT2D eigenvalue weighted by Gasteiger charge is -2.15. The van der Waals surface area contributed by atoms with Gasteiger partial charge in [-0.1, -0.05) is 18.2 Å². The van der Waals surface area contributed by atoms with Crippen LogP contribution in [0.1, 0.15) is 30.7 Å². The second-order valence-electron chi connectivity index (χ2n) is 5.35. The first-order valence-corrected chi connectivity index (χ1v) is 7.32. The fourth-order valence-corrected chi connectivity index (χ4v) is 2.66. The Hall–Kier alpha value is -2.42. The Morgan fingerprint density at radius 1 is 1.14 bits per heavy atom. The summed E-state index contributed by atoms with van der Waals surface area (Å²) < 4.78 is 0. The van der Waals surface area contributed by atoms with Gasteiger partial charge in [0.15, 0.2) is 0 Å². The molecule has 1 unspecified atom stereocenters. The number of aromatic nitrogens is 1. The van der Waals surface area contributed by atoms with E-state index in [1.165, 1.54) is 12.0 Å². The molecule has 1 atom stereocenters. The summed E-state index contributed by atoms with van der Waals surface area (Å²) in [5, 5.41) is 0. The predicted molar refractivity (Wildman–Crippen MR) is 88.3 cm³/mol. The molecule has 3 rings (SSSR count). The predicted octanol–water partition coefficient (Wildman–Crippen LogP) is 4.18. The van der Waals surface area contributed by atoms with Crippen molar-refractivity contribution >= 4 is 11.9 Å². The molecule has 1 aromatic carbocycles. The van der Waals surface area contributed by atoms with Crippen molar-refractivity contribution in [1.29, 1.82) is 0 Å².